The fourth-order valence-electron chi connectivity index (χ4n) is 3.08. The zero-order valence-electron chi connectivity index (χ0n) is 13.7. The van der Waals surface area contributed by atoms with Crippen molar-refractivity contribution in [2.24, 2.45) is 17.0 Å². The van der Waals surface area contributed by atoms with Crippen LogP contribution >= 0.6 is 0 Å². The molecule has 0 amide bonds. The molecule has 0 saturated carbocycles. The first-order valence-electron chi connectivity index (χ1n) is 8.33. The minimum Gasteiger partial charge on any atom is -0.363 e. The van der Waals surface area contributed by atoms with Gasteiger partial charge in [-0.15, -0.1) is 6.58 Å². The molecule has 0 radical (unpaired) electrons. The molecule has 120 valence electrons. The van der Waals surface area contributed by atoms with Gasteiger partial charge >= 0.3 is 0 Å². The molecule has 1 aromatic carbocycles. The maximum Gasteiger partial charge on any atom is 0.230 e. The van der Waals surface area contributed by atoms with E-state index in [9.17, 15) is 0 Å². The predicted molar refractivity (Wildman–Crippen MR) is 90.8 cm³/mol. The summed E-state index contributed by atoms with van der Waals surface area (Å²) in [5.41, 5.74) is 2.16. The molecule has 1 aromatic rings. The number of hydrogen-bond donors (Lipinski definition) is 0. The number of hydrogen-bond acceptors (Lipinski definition) is 3. The van der Waals surface area contributed by atoms with E-state index in [1.165, 1.54) is 12.8 Å². The topological polar surface area (TPSA) is 30.8 Å². The van der Waals surface area contributed by atoms with Gasteiger partial charge in [0.15, 0.2) is 0 Å². The van der Waals surface area contributed by atoms with Crippen molar-refractivity contribution in [3.8, 4) is 0 Å². The van der Waals surface area contributed by atoms with Crippen molar-refractivity contribution in [3.05, 3.63) is 48.6 Å². The lowest BCUT2D eigenvalue weighted by Gasteiger charge is -2.36. The van der Waals surface area contributed by atoms with Crippen LogP contribution < -0.4 is 0 Å². The Bertz CT molecular complexity index is 483. The van der Waals surface area contributed by atoms with Crippen LogP contribution in [-0.4, -0.2) is 18.6 Å². The second-order valence-corrected chi connectivity index (χ2v) is 5.71. The van der Waals surface area contributed by atoms with E-state index in [2.05, 4.69) is 30.8 Å². The maximum absolute atomic E-state index is 5.79. The van der Waals surface area contributed by atoms with Gasteiger partial charge in [-0.05, 0) is 25.3 Å². The summed E-state index contributed by atoms with van der Waals surface area (Å²) in [6.45, 7) is 8.79. The monoisotopic (exact) mass is 301 g/mol. The lowest BCUT2D eigenvalue weighted by atomic mass is 9.79. The lowest BCUT2D eigenvalue weighted by molar-refractivity contribution is -0.186. The number of nitrogens with zero attached hydrogens (tertiary/aromatic N) is 1. The molecule has 2 rings (SSSR count). The quantitative estimate of drug-likeness (QED) is 0.647. The van der Waals surface area contributed by atoms with E-state index >= 15 is 0 Å². The average Bonchev–Trinajstić information content (AvgIpc) is 2.56. The van der Waals surface area contributed by atoms with Crippen LogP contribution in [0.25, 0.3) is 0 Å². The third kappa shape index (κ3) is 3.98. The molecule has 0 unspecified atom stereocenters. The molecule has 0 saturated heterocycles. The average molecular weight is 301 g/mol. The molecular weight excluding hydrogens is 274 g/mol. The summed E-state index contributed by atoms with van der Waals surface area (Å²) in [4.78, 5) is 5.70. The van der Waals surface area contributed by atoms with Crippen molar-refractivity contribution >= 4 is 5.71 Å². The molecule has 3 atom stereocenters. The van der Waals surface area contributed by atoms with Crippen LogP contribution in [0, 0.1) is 11.8 Å². The molecular formula is C19H27NO2. The van der Waals surface area contributed by atoms with Gasteiger partial charge in [-0.2, -0.15) is 0 Å². The molecule has 3 heteroatoms. The Balaban J connectivity index is 2.30. The van der Waals surface area contributed by atoms with Gasteiger partial charge < -0.3 is 9.57 Å². The highest BCUT2D eigenvalue weighted by molar-refractivity contribution is 6.02. The van der Waals surface area contributed by atoms with Gasteiger partial charge in [0.05, 0.1) is 5.71 Å². The van der Waals surface area contributed by atoms with E-state index in [1.54, 1.807) is 0 Å². The molecule has 0 aliphatic carbocycles. The SMILES string of the molecule is C=CC[C@H]1C(c2ccccc2)=NO[C@@H](OCC)[C@H]1CCCC. The maximum atomic E-state index is 5.79. The van der Waals surface area contributed by atoms with Crippen LogP contribution in [-0.2, 0) is 9.57 Å². The Morgan fingerprint density at radius 2 is 2.05 bits per heavy atom. The van der Waals surface area contributed by atoms with Gasteiger partial charge in [0.25, 0.3) is 0 Å². The zero-order valence-corrected chi connectivity index (χ0v) is 13.7. The lowest BCUT2D eigenvalue weighted by Crippen LogP contribution is -2.40. The molecule has 0 fully saturated rings. The third-order valence-corrected chi connectivity index (χ3v) is 4.18. The Labute approximate surface area is 134 Å². The van der Waals surface area contributed by atoms with Crippen LogP contribution in [0.4, 0.5) is 0 Å². The Hall–Kier alpha value is -1.61. The van der Waals surface area contributed by atoms with Crippen LogP contribution in [0.15, 0.2) is 48.1 Å². The summed E-state index contributed by atoms with van der Waals surface area (Å²) < 4.78 is 5.79. The molecule has 3 nitrogen and oxygen atoms in total. The summed E-state index contributed by atoms with van der Waals surface area (Å²) >= 11 is 0. The number of ether oxygens (including phenoxy) is 1. The molecule has 0 bridgehead atoms. The van der Waals surface area contributed by atoms with E-state index in [4.69, 9.17) is 9.57 Å². The number of unbranched alkanes of at least 4 members (excludes halogenated alkanes) is 1. The molecule has 22 heavy (non-hydrogen) atoms. The second-order valence-electron chi connectivity index (χ2n) is 5.71. The Morgan fingerprint density at radius 3 is 2.68 bits per heavy atom. The van der Waals surface area contributed by atoms with Crippen LogP contribution in [0.1, 0.15) is 45.1 Å². The second kappa shape index (κ2) is 8.74. The van der Waals surface area contributed by atoms with Crippen LogP contribution in [0.3, 0.4) is 0 Å². The summed E-state index contributed by atoms with van der Waals surface area (Å²) in [5.74, 6) is 0.627. The fourth-order valence-corrected chi connectivity index (χ4v) is 3.08. The predicted octanol–water partition coefficient (Wildman–Crippen LogP) is 4.78. The molecule has 1 aliphatic heterocycles. The van der Waals surface area contributed by atoms with Gasteiger partial charge in [0, 0.05) is 18.4 Å². The zero-order chi connectivity index (χ0) is 15.8. The van der Waals surface area contributed by atoms with E-state index in [0.717, 1.165) is 24.1 Å². The van der Waals surface area contributed by atoms with Crippen molar-refractivity contribution < 1.29 is 9.57 Å². The number of rotatable bonds is 8. The first-order chi connectivity index (χ1) is 10.8. The van der Waals surface area contributed by atoms with Crippen molar-refractivity contribution in [3.63, 3.8) is 0 Å². The van der Waals surface area contributed by atoms with Crippen molar-refractivity contribution in [2.75, 3.05) is 6.61 Å². The molecule has 1 heterocycles. The third-order valence-electron chi connectivity index (χ3n) is 4.18. The van der Waals surface area contributed by atoms with Gasteiger partial charge in [-0.1, -0.05) is 61.3 Å². The summed E-state index contributed by atoms with van der Waals surface area (Å²) in [5, 5.41) is 4.40. The van der Waals surface area contributed by atoms with Gasteiger partial charge in [0.2, 0.25) is 6.29 Å². The van der Waals surface area contributed by atoms with Crippen molar-refractivity contribution in [1.82, 2.24) is 0 Å². The van der Waals surface area contributed by atoms with Crippen molar-refractivity contribution in [2.45, 2.75) is 45.8 Å². The molecule has 1 aliphatic rings. The Morgan fingerprint density at radius 1 is 1.27 bits per heavy atom. The fraction of sp³-hybridized carbons (Fsp3) is 0.526. The standard InChI is InChI=1S/C19H27NO2/c1-4-7-14-17-16(11-5-2)18(15-12-9-8-10-13-15)20-22-19(17)21-6-3/h5,8-10,12-13,16-17,19H,2,4,6-7,11,14H2,1,3H3/t16-,17+,19-/m1/s1. The molecule has 0 aromatic heterocycles. The van der Waals surface area contributed by atoms with Crippen LogP contribution in [0.5, 0.6) is 0 Å². The summed E-state index contributed by atoms with van der Waals surface area (Å²) in [6.07, 6.45) is 6.08. The largest absolute Gasteiger partial charge is 0.363 e. The van der Waals surface area contributed by atoms with Gasteiger partial charge in [-0.3, -0.25) is 0 Å². The normalized spacial score (nSPS) is 24.5. The minimum absolute atomic E-state index is 0.242. The number of allylic oxidation sites excluding steroid dienone is 1. The first kappa shape index (κ1) is 16.8. The Kier molecular flexibility index (Phi) is 6.66. The van der Waals surface area contributed by atoms with E-state index in [0.29, 0.717) is 18.4 Å². The smallest absolute Gasteiger partial charge is 0.230 e. The summed E-state index contributed by atoms with van der Waals surface area (Å²) in [7, 11) is 0. The first-order valence-corrected chi connectivity index (χ1v) is 8.33. The minimum atomic E-state index is -0.242. The van der Waals surface area contributed by atoms with Crippen LogP contribution in [0.2, 0.25) is 0 Å². The number of benzene rings is 1. The van der Waals surface area contributed by atoms with E-state index < -0.39 is 0 Å². The summed E-state index contributed by atoms with van der Waals surface area (Å²) in [6, 6.07) is 10.3. The highest BCUT2D eigenvalue weighted by atomic mass is 16.8. The highest BCUT2D eigenvalue weighted by Crippen LogP contribution is 2.35. The van der Waals surface area contributed by atoms with E-state index in [1.807, 2.05) is 31.2 Å². The molecule has 0 N–H and O–H groups in total. The molecule has 0 spiro atoms. The van der Waals surface area contributed by atoms with Crippen molar-refractivity contribution in [1.29, 1.82) is 0 Å². The highest BCUT2D eigenvalue weighted by Gasteiger charge is 2.38. The van der Waals surface area contributed by atoms with E-state index in [-0.39, 0.29) is 6.29 Å². The number of oxime groups is 1. The van der Waals surface area contributed by atoms with Gasteiger partial charge in [-0.25, -0.2) is 0 Å². The van der Waals surface area contributed by atoms with Gasteiger partial charge in [0.1, 0.15) is 0 Å².